The van der Waals surface area contributed by atoms with Crippen molar-refractivity contribution in [1.29, 1.82) is 0 Å². The van der Waals surface area contributed by atoms with Gasteiger partial charge in [-0.05, 0) is 38.2 Å². The summed E-state index contributed by atoms with van der Waals surface area (Å²) in [4.78, 5) is 30.0. The molecule has 0 spiro atoms. The van der Waals surface area contributed by atoms with Gasteiger partial charge in [-0.1, -0.05) is 5.16 Å². The zero-order valence-corrected chi connectivity index (χ0v) is 16.0. The van der Waals surface area contributed by atoms with E-state index in [9.17, 15) is 14.0 Å². The molecule has 28 heavy (non-hydrogen) atoms. The Hall–Kier alpha value is -3.11. The van der Waals surface area contributed by atoms with Crippen molar-refractivity contribution in [3.8, 4) is 11.3 Å². The van der Waals surface area contributed by atoms with Crippen LogP contribution in [0.3, 0.4) is 0 Å². The highest BCUT2D eigenvalue weighted by Gasteiger charge is 2.14. The van der Waals surface area contributed by atoms with E-state index >= 15 is 0 Å². The highest BCUT2D eigenvalue weighted by Crippen LogP contribution is 2.24. The average molecular weight is 403 g/mol. The van der Waals surface area contributed by atoms with Crippen LogP contribution in [0, 0.1) is 12.7 Å². The van der Waals surface area contributed by atoms with E-state index in [4.69, 9.17) is 4.52 Å². The summed E-state index contributed by atoms with van der Waals surface area (Å²) in [6.07, 6.45) is 0. The number of hydrogen-bond acceptors (Lipinski definition) is 7. The molecule has 2 aromatic heterocycles. The number of aryl methyl sites for hydroxylation is 1. The van der Waals surface area contributed by atoms with Crippen molar-refractivity contribution in [1.82, 2.24) is 15.0 Å². The van der Waals surface area contributed by atoms with Crippen molar-refractivity contribution >= 4 is 34.1 Å². The number of thiazole rings is 1. The van der Waals surface area contributed by atoms with E-state index in [1.807, 2.05) is 0 Å². The third-order valence-electron chi connectivity index (χ3n) is 3.61. The number of aromatic nitrogens is 2. The SMILES string of the molecule is Cc1cc(NC(=O)CN(C)CC(=O)Nc2nc(-c3ccc(F)cc3)cs2)no1. The number of hydrogen-bond donors (Lipinski definition) is 2. The number of anilines is 2. The summed E-state index contributed by atoms with van der Waals surface area (Å²) < 4.78 is 17.9. The van der Waals surface area contributed by atoms with E-state index < -0.39 is 0 Å². The summed E-state index contributed by atoms with van der Waals surface area (Å²) in [7, 11) is 1.65. The minimum atomic E-state index is -0.321. The van der Waals surface area contributed by atoms with Crippen LogP contribution in [-0.4, -0.2) is 47.0 Å². The largest absolute Gasteiger partial charge is 0.360 e. The molecular formula is C18H18FN5O3S. The number of carbonyl (C=O) groups excluding carboxylic acids is 2. The van der Waals surface area contributed by atoms with Crippen LogP contribution in [0.1, 0.15) is 5.76 Å². The summed E-state index contributed by atoms with van der Waals surface area (Å²) in [5, 5.41) is 11.2. The molecule has 8 nitrogen and oxygen atoms in total. The van der Waals surface area contributed by atoms with Crippen LogP contribution < -0.4 is 10.6 Å². The molecule has 0 aliphatic heterocycles. The minimum Gasteiger partial charge on any atom is -0.360 e. The first-order valence-electron chi connectivity index (χ1n) is 8.32. The lowest BCUT2D eigenvalue weighted by molar-refractivity contribution is -0.119. The van der Waals surface area contributed by atoms with Crippen molar-refractivity contribution in [2.75, 3.05) is 30.8 Å². The van der Waals surface area contributed by atoms with Crippen LogP contribution in [0.15, 0.2) is 40.2 Å². The lowest BCUT2D eigenvalue weighted by atomic mass is 10.2. The van der Waals surface area contributed by atoms with E-state index in [1.165, 1.54) is 23.5 Å². The Morgan fingerprint density at radius 1 is 1.18 bits per heavy atom. The molecule has 2 N–H and O–H groups in total. The molecule has 0 aliphatic carbocycles. The number of carbonyl (C=O) groups is 2. The second kappa shape index (κ2) is 8.72. The Kier molecular flexibility index (Phi) is 6.12. The van der Waals surface area contributed by atoms with E-state index in [2.05, 4.69) is 20.8 Å². The maximum atomic E-state index is 13.0. The predicted octanol–water partition coefficient (Wildman–Crippen LogP) is 2.75. The quantitative estimate of drug-likeness (QED) is 0.629. The van der Waals surface area contributed by atoms with Crippen molar-refractivity contribution in [2.45, 2.75) is 6.92 Å². The topological polar surface area (TPSA) is 100 Å². The molecule has 0 radical (unpaired) electrons. The van der Waals surface area contributed by atoms with Gasteiger partial charge >= 0.3 is 0 Å². The average Bonchev–Trinajstić information content (AvgIpc) is 3.24. The number of amides is 2. The number of likely N-dealkylation sites (N-methyl/N-ethyl adjacent to an activating group) is 1. The van der Waals surface area contributed by atoms with Crippen LogP contribution in [0.5, 0.6) is 0 Å². The molecule has 0 bridgehead atoms. The Balaban J connectivity index is 1.48. The second-order valence-corrected chi connectivity index (χ2v) is 6.99. The van der Waals surface area contributed by atoms with E-state index in [1.54, 1.807) is 42.5 Å². The fraction of sp³-hybridized carbons (Fsp3) is 0.222. The standard InChI is InChI=1S/C18H18FN5O3S/c1-11-7-15(23-27-11)21-16(25)8-24(2)9-17(26)22-18-20-14(10-28-18)12-3-5-13(19)6-4-12/h3-7,10H,8-9H2,1-2H3,(H,20,22,26)(H,21,23,25). The molecule has 1 aromatic carbocycles. The predicted molar refractivity (Wildman–Crippen MR) is 104 cm³/mol. The first kappa shape index (κ1) is 19.6. The van der Waals surface area contributed by atoms with Gasteiger partial charge in [-0.3, -0.25) is 14.5 Å². The first-order chi connectivity index (χ1) is 13.4. The molecule has 0 unspecified atom stereocenters. The van der Waals surface area contributed by atoms with E-state index in [-0.39, 0.29) is 30.7 Å². The van der Waals surface area contributed by atoms with Gasteiger partial charge in [0.05, 0.1) is 18.8 Å². The normalized spacial score (nSPS) is 10.9. The van der Waals surface area contributed by atoms with Gasteiger partial charge in [0.1, 0.15) is 11.6 Å². The van der Waals surface area contributed by atoms with Gasteiger partial charge in [-0.15, -0.1) is 11.3 Å². The third kappa shape index (κ3) is 5.44. The Labute approximate surface area is 164 Å². The van der Waals surface area contributed by atoms with Gasteiger partial charge in [0.25, 0.3) is 0 Å². The summed E-state index contributed by atoms with van der Waals surface area (Å²) >= 11 is 1.27. The first-order valence-corrected chi connectivity index (χ1v) is 9.20. The second-order valence-electron chi connectivity index (χ2n) is 6.14. The van der Waals surface area contributed by atoms with Crippen molar-refractivity contribution in [2.24, 2.45) is 0 Å². The van der Waals surface area contributed by atoms with Crippen LogP contribution in [0.25, 0.3) is 11.3 Å². The Morgan fingerprint density at radius 2 is 1.86 bits per heavy atom. The summed E-state index contributed by atoms with van der Waals surface area (Å²) in [5.41, 5.74) is 1.41. The number of benzene rings is 1. The Morgan fingerprint density at radius 3 is 2.50 bits per heavy atom. The molecule has 10 heteroatoms. The van der Waals surface area contributed by atoms with Gasteiger partial charge in [0.2, 0.25) is 11.8 Å². The molecule has 0 aliphatic rings. The highest BCUT2D eigenvalue weighted by molar-refractivity contribution is 7.14. The van der Waals surface area contributed by atoms with Crippen molar-refractivity contribution in [3.63, 3.8) is 0 Å². The lowest BCUT2D eigenvalue weighted by Gasteiger charge is -2.14. The molecule has 146 valence electrons. The van der Waals surface area contributed by atoms with Crippen molar-refractivity contribution in [3.05, 3.63) is 47.3 Å². The number of halogens is 1. The smallest absolute Gasteiger partial charge is 0.240 e. The van der Waals surface area contributed by atoms with Crippen LogP contribution in [-0.2, 0) is 9.59 Å². The van der Waals surface area contributed by atoms with Gasteiger partial charge in [-0.25, -0.2) is 9.37 Å². The number of nitrogens with one attached hydrogen (secondary N) is 2. The van der Waals surface area contributed by atoms with Gasteiger partial charge < -0.3 is 15.2 Å². The summed E-state index contributed by atoms with van der Waals surface area (Å²) in [6.45, 7) is 1.74. The van der Waals surface area contributed by atoms with Gasteiger partial charge in [0, 0.05) is 17.0 Å². The minimum absolute atomic E-state index is 0.0106. The monoisotopic (exact) mass is 403 g/mol. The number of rotatable bonds is 7. The molecule has 2 amide bonds. The summed E-state index contributed by atoms with van der Waals surface area (Å²) in [6, 6.07) is 7.56. The zero-order chi connectivity index (χ0) is 20.1. The zero-order valence-electron chi connectivity index (χ0n) is 15.2. The highest BCUT2D eigenvalue weighted by atomic mass is 32.1. The van der Waals surface area contributed by atoms with E-state index in [0.717, 1.165) is 5.56 Å². The molecule has 0 fully saturated rings. The van der Waals surface area contributed by atoms with Crippen LogP contribution in [0.2, 0.25) is 0 Å². The fourth-order valence-electron chi connectivity index (χ4n) is 2.40. The number of nitrogens with zero attached hydrogens (tertiary/aromatic N) is 3. The molecular weight excluding hydrogens is 385 g/mol. The molecule has 3 rings (SSSR count). The van der Waals surface area contributed by atoms with Crippen molar-refractivity contribution < 1.29 is 18.5 Å². The molecule has 0 atom stereocenters. The fourth-order valence-corrected chi connectivity index (χ4v) is 3.13. The molecule has 2 heterocycles. The van der Waals surface area contributed by atoms with Crippen LogP contribution in [0.4, 0.5) is 15.3 Å². The van der Waals surface area contributed by atoms with E-state index in [0.29, 0.717) is 22.4 Å². The van der Waals surface area contributed by atoms with Gasteiger partial charge in [0.15, 0.2) is 10.9 Å². The third-order valence-corrected chi connectivity index (χ3v) is 4.37. The van der Waals surface area contributed by atoms with Crippen LogP contribution >= 0.6 is 11.3 Å². The Bertz CT molecular complexity index is 970. The molecule has 0 saturated carbocycles. The summed E-state index contributed by atoms with van der Waals surface area (Å²) in [5.74, 6) is -0.00903. The maximum absolute atomic E-state index is 13.0. The maximum Gasteiger partial charge on any atom is 0.240 e. The van der Waals surface area contributed by atoms with Gasteiger partial charge in [-0.2, -0.15) is 0 Å². The molecule has 3 aromatic rings. The lowest BCUT2D eigenvalue weighted by Crippen LogP contribution is -2.36. The molecule has 0 saturated heterocycles.